The van der Waals surface area contributed by atoms with Crippen LogP contribution in [0.5, 0.6) is 0 Å². The lowest BCUT2D eigenvalue weighted by Crippen LogP contribution is -2.78. The van der Waals surface area contributed by atoms with Crippen molar-refractivity contribution >= 4 is 5.78 Å². The van der Waals surface area contributed by atoms with E-state index in [-0.39, 0.29) is 23.2 Å². The zero-order chi connectivity index (χ0) is 15.6. The van der Waals surface area contributed by atoms with E-state index < -0.39 is 0 Å². The highest BCUT2D eigenvalue weighted by Crippen LogP contribution is 2.77. The number of Topliss-reactive ketones (excluding diaryl/α,β-unsaturated/α-hetero) is 1. The van der Waals surface area contributed by atoms with Gasteiger partial charge in [-0.05, 0) is 67.3 Å². The van der Waals surface area contributed by atoms with E-state index >= 15 is 0 Å². The molecule has 0 radical (unpaired) electrons. The normalized spacial score (nSPS) is 62.4. The Hall–Kier alpha value is -0.670. The van der Waals surface area contributed by atoms with E-state index in [9.17, 15) is 4.79 Å². The molecule has 8 aliphatic rings. The summed E-state index contributed by atoms with van der Waals surface area (Å²) in [6.07, 6.45) is 8.20. The summed E-state index contributed by atoms with van der Waals surface area (Å²) >= 11 is 0. The largest absolute Gasteiger partial charge is 0.351 e. The Balaban J connectivity index is 1.58. The summed E-state index contributed by atoms with van der Waals surface area (Å²) in [5.41, 5.74) is 1.06. The molecule has 0 aromatic carbocycles. The molecule has 5 saturated carbocycles. The third kappa shape index (κ3) is 1.20. The SMILES string of the molecule is C=C1C(=O)[C@]23CC[C@H]1CC2[C@@]12CCC[C@@]4(C)CO[C@@H]1O[C@@H]3CC42. The van der Waals surface area contributed by atoms with Gasteiger partial charge in [0, 0.05) is 5.41 Å². The molecular formula is C20H26O3. The van der Waals surface area contributed by atoms with Gasteiger partial charge in [0.2, 0.25) is 0 Å². The first-order valence-electron chi connectivity index (χ1n) is 9.53. The lowest BCUT2D eigenvalue weighted by molar-refractivity contribution is -0.420. The Morgan fingerprint density at radius 2 is 2.04 bits per heavy atom. The van der Waals surface area contributed by atoms with Gasteiger partial charge in [-0.25, -0.2) is 0 Å². The molecule has 3 saturated heterocycles. The minimum atomic E-state index is -0.252. The third-order valence-electron chi connectivity index (χ3n) is 9.07. The average molecular weight is 314 g/mol. The molecule has 0 N–H and O–H groups in total. The first-order chi connectivity index (χ1) is 11.0. The quantitative estimate of drug-likeness (QED) is 0.642. The van der Waals surface area contributed by atoms with Gasteiger partial charge in [-0.2, -0.15) is 0 Å². The molecule has 3 heterocycles. The van der Waals surface area contributed by atoms with Crippen LogP contribution in [0.15, 0.2) is 12.2 Å². The van der Waals surface area contributed by atoms with Crippen LogP contribution in [0.4, 0.5) is 0 Å². The monoisotopic (exact) mass is 314 g/mol. The second kappa shape index (κ2) is 3.77. The number of carbonyl (C=O) groups is 1. The van der Waals surface area contributed by atoms with E-state index in [1.54, 1.807) is 0 Å². The number of carbonyl (C=O) groups excluding carboxylic acids is 1. The van der Waals surface area contributed by atoms with Crippen LogP contribution in [-0.4, -0.2) is 24.8 Å². The van der Waals surface area contributed by atoms with Crippen molar-refractivity contribution in [3.8, 4) is 0 Å². The van der Waals surface area contributed by atoms with E-state index in [0.29, 0.717) is 29.0 Å². The fourth-order valence-electron chi connectivity index (χ4n) is 8.18. The van der Waals surface area contributed by atoms with Crippen LogP contribution in [-0.2, 0) is 14.3 Å². The zero-order valence-corrected chi connectivity index (χ0v) is 14.0. The van der Waals surface area contributed by atoms with Gasteiger partial charge < -0.3 is 9.47 Å². The summed E-state index contributed by atoms with van der Waals surface area (Å²) in [6, 6.07) is 0. The molecule has 3 aliphatic heterocycles. The lowest BCUT2D eigenvalue weighted by atomic mass is 9.33. The Bertz CT molecular complexity index is 641. The van der Waals surface area contributed by atoms with Gasteiger partial charge in [-0.15, -0.1) is 0 Å². The predicted molar refractivity (Wildman–Crippen MR) is 84.5 cm³/mol. The van der Waals surface area contributed by atoms with Gasteiger partial charge in [0.15, 0.2) is 12.1 Å². The second-order valence-electron chi connectivity index (χ2n) is 9.59. The molecule has 2 unspecified atom stereocenters. The van der Waals surface area contributed by atoms with Gasteiger partial charge in [0.1, 0.15) is 0 Å². The molecule has 0 aromatic rings. The maximum Gasteiger partial charge on any atom is 0.167 e. The minimum absolute atomic E-state index is 0.0457. The molecule has 0 amide bonds. The number of ether oxygens (including phenoxy) is 2. The van der Waals surface area contributed by atoms with Crippen molar-refractivity contribution in [1.82, 2.24) is 0 Å². The summed E-state index contributed by atoms with van der Waals surface area (Å²) < 4.78 is 12.8. The van der Waals surface area contributed by atoms with Crippen molar-refractivity contribution in [2.75, 3.05) is 6.61 Å². The van der Waals surface area contributed by atoms with Crippen LogP contribution in [0.2, 0.25) is 0 Å². The fourth-order valence-corrected chi connectivity index (χ4v) is 8.18. The summed E-state index contributed by atoms with van der Waals surface area (Å²) in [5, 5.41) is 0. The van der Waals surface area contributed by atoms with Crippen molar-refractivity contribution in [1.29, 1.82) is 0 Å². The summed E-state index contributed by atoms with van der Waals surface area (Å²) in [4.78, 5) is 13.3. The maximum atomic E-state index is 13.3. The lowest BCUT2D eigenvalue weighted by Gasteiger charge is -2.76. The van der Waals surface area contributed by atoms with Crippen LogP contribution in [0.3, 0.4) is 0 Å². The first-order valence-corrected chi connectivity index (χ1v) is 9.53. The molecular weight excluding hydrogens is 288 g/mol. The van der Waals surface area contributed by atoms with Crippen molar-refractivity contribution in [2.45, 2.75) is 64.3 Å². The Morgan fingerprint density at radius 3 is 2.91 bits per heavy atom. The van der Waals surface area contributed by atoms with Gasteiger partial charge in [0.05, 0.1) is 18.1 Å². The smallest absolute Gasteiger partial charge is 0.167 e. The zero-order valence-electron chi connectivity index (χ0n) is 14.0. The topological polar surface area (TPSA) is 35.5 Å². The molecule has 124 valence electrons. The molecule has 2 spiro atoms. The molecule has 23 heavy (non-hydrogen) atoms. The highest BCUT2D eigenvalue weighted by molar-refractivity contribution is 6.02. The number of hydrogen-bond acceptors (Lipinski definition) is 3. The van der Waals surface area contributed by atoms with Gasteiger partial charge in [-0.3, -0.25) is 4.79 Å². The molecule has 0 aromatic heterocycles. The first kappa shape index (κ1) is 13.6. The van der Waals surface area contributed by atoms with E-state index in [1.165, 1.54) is 19.3 Å². The van der Waals surface area contributed by atoms with Crippen molar-refractivity contribution < 1.29 is 14.3 Å². The standard InChI is InChI=1S/C20H26O3/c1-11-12-4-7-20(16(11)21)14(8-12)19-6-3-5-18(2)10-22-17(19)23-15(20)9-13(18)19/h12-15,17H,1,3-10H2,2H3/t12-,13?,14?,15+,17+,18-,19-,20+/m0/s1. The van der Waals surface area contributed by atoms with Gasteiger partial charge in [-0.1, -0.05) is 19.9 Å². The molecule has 8 fully saturated rings. The van der Waals surface area contributed by atoms with E-state index in [0.717, 1.165) is 37.9 Å². The number of ketones is 1. The van der Waals surface area contributed by atoms with Gasteiger partial charge >= 0.3 is 0 Å². The van der Waals surface area contributed by atoms with E-state index in [2.05, 4.69) is 13.5 Å². The van der Waals surface area contributed by atoms with Crippen LogP contribution in [0.1, 0.15) is 51.9 Å². The molecule has 3 heteroatoms. The van der Waals surface area contributed by atoms with Crippen LogP contribution in [0.25, 0.3) is 0 Å². The fraction of sp³-hybridized carbons (Fsp3) is 0.850. The number of fused-ring (bicyclic) bond motifs is 2. The number of allylic oxidation sites excluding steroid dienone is 1. The Labute approximate surface area is 137 Å². The van der Waals surface area contributed by atoms with Crippen molar-refractivity contribution in [3.05, 3.63) is 12.2 Å². The second-order valence-corrected chi connectivity index (χ2v) is 9.59. The summed E-state index contributed by atoms with van der Waals surface area (Å²) in [6.45, 7) is 7.46. The molecule has 3 nitrogen and oxygen atoms in total. The van der Waals surface area contributed by atoms with Gasteiger partial charge in [0.25, 0.3) is 0 Å². The number of hydrogen-bond donors (Lipinski definition) is 0. The van der Waals surface area contributed by atoms with Crippen LogP contribution in [0, 0.1) is 34.0 Å². The van der Waals surface area contributed by atoms with Crippen LogP contribution < -0.4 is 0 Å². The maximum absolute atomic E-state index is 13.3. The Kier molecular flexibility index (Phi) is 2.23. The third-order valence-corrected chi connectivity index (χ3v) is 9.07. The van der Waals surface area contributed by atoms with Crippen LogP contribution >= 0.6 is 0 Å². The highest BCUT2D eigenvalue weighted by Gasteiger charge is 2.78. The summed E-state index contributed by atoms with van der Waals surface area (Å²) in [7, 11) is 0. The number of rotatable bonds is 0. The van der Waals surface area contributed by atoms with E-state index in [4.69, 9.17) is 9.47 Å². The molecule has 7 bridgehead atoms. The molecule has 8 rings (SSSR count). The minimum Gasteiger partial charge on any atom is -0.351 e. The highest BCUT2D eigenvalue weighted by atomic mass is 16.7. The Morgan fingerprint density at radius 1 is 1.17 bits per heavy atom. The molecule has 5 aliphatic carbocycles. The van der Waals surface area contributed by atoms with E-state index in [1.807, 2.05) is 0 Å². The van der Waals surface area contributed by atoms with Crippen molar-refractivity contribution in [2.24, 2.45) is 34.0 Å². The average Bonchev–Trinajstić information content (AvgIpc) is 2.55. The summed E-state index contributed by atoms with van der Waals surface area (Å²) in [5.74, 6) is 1.96. The molecule has 8 atom stereocenters. The van der Waals surface area contributed by atoms with Crippen molar-refractivity contribution in [3.63, 3.8) is 0 Å². The predicted octanol–water partition coefficient (Wildman–Crippen LogP) is 3.48.